The number of anilines is 2. The molecule has 0 spiro atoms. The second-order valence-corrected chi connectivity index (χ2v) is 8.43. The molecule has 28 heavy (non-hydrogen) atoms. The summed E-state index contributed by atoms with van der Waals surface area (Å²) in [6, 6.07) is 9.75. The van der Waals surface area contributed by atoms with Crippen LogP contribution in [0.25, 0.3) is 0 Å². The quantitative estimate of drug-likeness (QED) is 0.561. The minimum atomic E-state index is -3.88. The molecule has 9 heteroatoms. The Hall–Kier alpha value is -2.94. The molecule has 2 rings (SSSR count). The van der Waals surface area contributed by atoms with Gasteiger partial charge in [-0.25, -0.2) is 8.42 Å². The van der Waals surface area contributed by atoms with Crippen LogP contribution in [0.5, 0.6) is 0 Å². The van der Waals surface area contributed by atoms with Crippen LogP contribution in [0.2, 0.25) is 0 Å². The molecular weight excluding hydrogens is 382 g/mol. The van der Waals surface area contributed by atoms with Gasteiger partial charge in [-0.1, -0.05) is 25.1 Å². The van der Waals surface area contributed by atoms with Gasteiger partial charge in [-0.15, -0.1) is 0 Å². The highest BCUT2D eigenvalue weighted by Crippen LogP contribution is 2.27. The van der Waals surface area contributed by atoms with Crippen LogP contribution in [0.15, 0.2) is 42.5 Å². The van der Waals surface area contributed by atoms with E-state index in [1.54, 1.807) is 13.0 Å². The van der Waals surface area contributed by atoms with Crippen LogP contribution in [0.1, 0.15) is 24.5 Å². The number of nitrogens with zero attached hydrogens (tertiary/aromatic N) is 2. The molecule has 0 fully saturated rings. The van der Waals surface area contributed by atoms with E-state index >= 15 is 0 Å². The molecule has 0 aliphatic rings. The third-order valence-electron chi connectivity index (χ3n) is 4.28. The molecule has 0 bridgehead atoms. The molecule has 1 amide bonds. The number of non-ortho nitro benzene ring substituents is 1. The highest BCUT2D eigenvalue weighted by Gasteiger charge is 2.32. The molecular formula is C19H23N3O5S. The Labute approximate surface area is 164 Å². The van der Waals surface area contributed by atoms with Crippen molar-refractivity contribution in [2.24, 2.45) is 0 Å². The maximum atomic E-state index is 12.9. The topological polar surface area (TPSA) is 110 Å². The van der Waals surface area contributed by atoms with Gasteiger partial charge in [0.2, 0.25) is 15.9 Å². The van der Waals surface area contributed by atoms with Crippen LogP contribution in [0, 0.1) is 24.0 Å². The molecule has 0 aromatic heterocycles. The smallest absolute Gasteiger partial charge is 0.271 e. The third-order valence-corrected chi connectivity index (χ3v) is 5.46. The van der Waals surface area contributed by atoms with Crippen LogP contribution in [0.3, 0.4) is 0 Å². The Bertz CT molecular complexity index is 1000. The van der Waals surface area contributed by atoms with Gasteiger partial charge in [-0.05, 0) is 43.5 Å². The molecule has 1 unspecified atom stereocenters. The van der Waals surface area contributed by atoms with Crippen molar-refractivity contribution in [3.63, 3.8) is 0 Å². The fourth-order valence-corrected chi connectivity index (χ4v) is 4.09. The molecule has 0 saturated carbocycles. The van der Waals surface area contributed by atoms with E-state index in [9.17, 15) is 23.3 Å². The van der Waals surface area contributed by atoms with Gasteiger partial charge < -0.3 is 5.32 Å². The van der Waals surface area contributed by atoms with Crippen molar-refractivity contribution in [1.29, 1.82) is 0 Å². The van der Waals surface area contributed by atoms with Crippen LogP contribution >= 0.6 is 0 Å². The summed E-state index contributed by atoms with van der Waals surface area (Å²) in [7, 11) is -3.88. The normalized spacial score (nSPS) is 12.3. The lowest BCUT2D eigenvalue weighted by atomic mass is 10.1. The number of benzene rings is 2. The number of nitro benzene ring substituents is 1. The second kappa shape index (κ2) is 8.39. The number of nitro groups is 1. The SMILES string of the molecule is CCC(C(=O)Nc1cc(C)ccc1C)N(c1cccc([N+](=O)[O-])c1)S(C)(=O)=O. The second-order valence-electron chi connectivity index (χ2n) is 6.57. The van der Waals surface area contributed by atoms with Crippen LogP contribution in [-0.2, 0) is 14.8 Å². The minimum Gasteiger partial charge on any atom is -0.324 e. The number of amides is 1. The van der Waals surface area contributed by atoms with E-state index in [0.717, 1.165) is 27.8 Å². The van der Waals surface area contributed by atoms with Gasteiger partial charge in [0.25, 0.3) is 5.69 Å². The van der Waals surface area contributed by atoms with E-state index in [1.807, 2.05) is 26.0 Å². The van der Waals surface area contributed by atoms with Gasteiger partial charge in [-0.2, -0.15) is 0 Å². The number of nitrogens with one attached hydrogen (secondary N) is 1. The number of hydrogen-bond acceptors (Lipinski definition) is 5. The molecule has 8 nitrogen and oxygen atoms in total. The molecule has 0 radical (unpaired) electrons. The first-order valence-corrected chi connectivity index (χ1v) is 10.5. The van der Waals surface area contributed by atoms with Crippen molar-refractivity contribution in [2.75, 3.05) is 15.9 Å². The van der Waals surface area contributed by atoms with E-state index in [1.165, 1.54) is 18.2 Å². The van der Waals surface area contributed by atoms with Gasteiger partial charge in [0.05, 0.1) is 16.9 Å². The van der Waals surface area contributed by atoms with Crippen LogP contribution < -0.4 is 9.62 Å². The monoisotopic (exact) mass is 405 g/mol. The van der Waals surface area contributed by atoms with Crippen LogP contribution in [-0.4, -0.2) is 31.5 Å². The van der Waals surface area contributed by atoms with E-state index < -0.39 is 26.9 Å². The first-order valence-electron chi connectivity index (χ1n) is 8.66. The summed E-state index contributed by atoms with van der Waals surface area (Å²) >= 11 is 0. The zero-order valence-corrected chi connectivity index (χ0v) is 17.0. The fourth-order valence-electron chi connectivity index (χ4n) is 2.89. The Kier molecular flexibility index (Phi) is 6.40. The highest BCUT2D eigenvalue weighted by atomic mass is 32.2. The first-order chi connectivity index (χ1) is 13.0. The summed E-state index contributed by atoms with van der Waals surface area (Å²) in [5.74, 6) is -0.506. The van der Waals surface area contributed by atoms with Gasteiger partial charge in [-0.3, -0.25) is 19.2 Å². The number of carbonyl (C=O) groups excluding carboxylic acids is 1. The largest absolute Gasteiger partial charge is 0.324 e. The average molecular weight is 405 g/mol. The molecule has 1 atom stereocenters. The van der Waals surface area contributed by atoms with Crippen molar-refractivity contribution in [2.45, 2.75) is 33.2 Å². The average Bonchev–Trinajstić information content (AvgIpc) is 2.61. The molecule has 0 aliphatic heterocycles. The summed E-state index contributed by atoms with van der Waals surface area (Å²) in [5, 5.41) is 13.9. The summed E-state index contributed by atoms with van der Waals surface area (Å²) in [4.78, 5) is 23.4. The summed E-state index contributed by atoms with van der Waals surface area (Å²) in [6.07, 6.45) is 1.16. The summed E-state index contributed by atoms with van der Waals surface area (Å²) in [6.45, 7) is 5.41. The zero-order valence-electron chi connectivity index (χ0n) is 16.2. The van der Waals surface area contributed by atoms with E-state index in [0.29, 0.717) is 5.69 Å². The minimum absolute atomic E-state index is 0.0691. The number of carbonyl (C=O) groups is 1. The molecule has 0 heterocycles. The standard InChI is InChI=1S/C19H23N3O5S/c1-5-18(19(23)20-17-11-13(2)9-10-14(17)3)21(28(4,26)27)15-7-6-8-16(12-15)22(24)25/h6-12,18H,5H2,1-4H3,(H,20,23). The molecule has 2 aromatic carbocycles. The summed E-state index contributed by atoms with van der Waals surface area (Å²) < 4.78 is 25.9. The van der Waals surface area contributed by atoms with E-state index in [-0.39, 0.29) is 17.8 Å². The van der Waals surface area contributed by atoms with Gasteiger partial charge >= 0.3 is 0 Å². The van der Waals surface area contributed by atoms with Gasteiger partial charge in [0.15, 0.2) is 0 Å². The molecule has 2 aromatic rings. The summed E-state index contributed by atoms with van der Waals surface area (Å²) in [5.41, 5.74) is 2.20. The third kappa shape index (κ3) is 4.86. The maximum absolute atomic E-state index is 12.9. The lowest BCUT2D eigenvalue weighted by Gasteiger charge is -2.30. The van der Waals surface area contributed by atoms with Gasteiger partial charge in [0.1, 0.15) is 6.04 Å². The lowest BCUT2D eigenvalue weighted by molar-refractivity contribution is -0.384. The molecule has 150 valence electrons. The Morgan fingerprint density at radius 1 is 1.21 bits per heavy atom. The molecule has 1 N–H and O–H groups in total. The predicted molar refractivity (Wildman–Crippen MR) is 109 cm³/mol. The van der Waals surface area contributed by atoms with Crippen LogP contribution in [0.4, 0.5) is 17.1 Å². The van der Waals surface area contributed by atoms with E-state index in [2.05, 4.69) is 5.32 Å². The molecule has 0 aliphatic carbocycles. The highest BCUT2D eigenvalue weighted by molar-refractivity contribution is 7.92. The van der Waals surface area contributed by atoms with Crippen molar-refractivity contribution in [3.05, 3.63) is 63.7 Å². The number of rotatable bonds is 7. The zero-order chi connectivity index (χ0) is 21.1. The molecule has 0 saturated heterocycles. The predicted octanol–water partition coefficient (Wildman–Crippen LogP) is 3.39. The van der Waals surface area contributed by atoms with Gasteiger partial charge in [0, 0.05) is 17.8 Å². The number of sulfonamides is 1. The number of hydrogen-bond donors (Lipinski definition) is 1. The fraction of sp³-hybridized carbons (Fsp3) is 0.316. The van der Waals surface area contributed by atoms with E-state index in [4.69, 9.17) is 0 Å². The van der Waals surface area contributed by atoms with Crippen molar-refractivity contribution >= 4 is 33.0 Å². The Morgan fingerprint density at radius 3 is 2.46 bits per heavy atom. The lowest BCUT2D eigenvalue weighted by Crippen LogP contribution is -2.47. The Balaban J connectivity index is 2.46. The first kappa shape index (κ1) is 21.4. The van der Waals surface area contributed by atoms with Crippen molar-refractivity contribution in [1.82, 2.24) is 0 Å². The van der Waals surface area contributed by atoms with Crippen molar-refractivity contribution in [3.8, 4) is 0 Å². The number of aryl methyl sites for hydroxylation is 2. The van der Waals surface area contributed by atoms with Crippen molar-refractivity contribution < 1.29 is 18.1 Å². The maximum Gasteiger partial charge on any atom is 0.271 e. The Morgan fingerprint density at radius 2 is 1.89 bits per heavy atom.